The number of carbonyl (C=O) groups is 1. The molecule has 1 aliphatic carbocycles. The van der Waals surface area contributed by atoms with Crippen molar-refractivity contribution in [3.8, 4) is 0 Å². The van der Waals surface area contributed by atoms with Gasteiger partial charge < -0.3 is 10.1 Å². The van der Waals surface area contributed by atoms with Gasteiger partial charge >= 0.3 is 5.97 Å². The van der Waals surface area contributed by atoms with Gasteiger partial charge in [-0.05, 0) is 25.8 Å². The number of esters is 1. The van der Waals surface area contributed by atoms with E-state index in [1.54, 1.807) is 13.0 Å². The first-order chi connectivity index (χ1) is 8.70. The molecule has 4 nitrogen and oxygen atoms in total. The van der Waals surface area contributed by atoms with Crippen molar-refractivity contribution in [2.75, 3.05) is 11.9 Å². The van der Waals surface area contributed by atoms with Crippen LogP contribution >= 0.6 is 11.6 Å². The molecule has 0 amide bonds. The van der Waals surface area contributed by atoms with E-state index in [1.807, 2.05) is 0 Å². The number of nitrogens with one attached hydrogen (secondary N) is 1. The Balaban J connectivity index is 2.19. The van der Waals surface area contributed by atoms with E-state index in [0.29, 0.717) is 29.1 Å². The molecule has 0 spiro atoms. The van der Waals surface area contributed by atoms with Crippen LogP contribution < -0.4 is 5.32 Å². The maximum atomic E-state index is 11.8. The van der Waals surface area contributed by atoms with Crippen LogP contribution in [-0.2, 0) is 4.74 Å². The topological polar surface area (TPSA) is 51.2 Å². The van der Waals surface area contributed by atoms with E-state index in [1.165, 1.54) is 6.20 Å². The number of anilines is 1. The predicted octanol–water partition coefficient (Wildman–Crippen LogP) is 3.04. The largest absolute Gasteiger partial charge is 0.462 e. The van der Waals surface area contributed by atoms with E-state index in [-0.39, 0.29) is 5.97 Å². The molecule has 0 fully saturated rings. The lowest BCUT2D eigenvalue weighted by molar-refractivity contribution is 0.0527. The molecule has 1 aromatic rings. The lowest BCUT2D eigenvalue weighted by atomic mass is 10.2. The van der Waals surface area contributed by atoms with Gasteiger partial charge in [0.2, 0.25) is 0 Å². The third-order valence-corrected chi connectivity index (χ3v) is 2.94. The highest BCUT2D eigenvalue weighted by atomic mass is 35.5. The molecule has 1 aromatic heterocycles. The molecule has 0 saturated carbocycles. The minimum Gasteiger partial charge on any atom is -0.462 e. The van der Waals surface area contributed by atoms with Crippen LogP contribution in [0.25, 0.3) is 0 Å². The van der Waals surface area contributed by atoms with Gasteiger partial charge in [0, 0.05) is 12.2 Å². The molecular formula is C13H15ClN2O2. The SMILES string of the molecule is CCOC(=O)c1cnc(Cl)cc1NC1CC=CC1. The zero-order valence-corrected chi connectivity index (χ0v) is 10.9. The van der Waals surface area contributed by atoms with Crippen molar-refractivity contribution in [1.29, 1.82) is 0 Å². The molecule has 0 atom stereocenters. The number of nitrogens with zero attached hydrogens (tertiary/aromatic N) is 1. The van der Waals surface area contributed by atoms with Gasteiger partial charge in [0.05, 0.1) is 12.3 Å². The van der Waals surface area contributed by atoms with Crippen molar-refractivity contribution in [3.63, 3.8) is 0 Å². The van der Waals surface area contributed by atoms with Crippen molar-refractivity contribution in [3.05, 3.63) is 35.1 Å². The number of hydrogen-bond acceptors (Lipinski definition) is 4. The summed E-state index contributed by atoms with van der Waals surface area (Å²) in [5.41, 5.74) is 1.11. The fourth-order valence-electron chi connectivity index (χ4n) is 1.88. The number of pyridine rings is 1. The first kappa shape index (κ1) is 12.9. The van der Waals surface area contributed by atoms with Gasteiger partial charge in [-0.3, -0.25) is 0 Å². The molecular weight excluding hydrogens is 252 g/mol. The summed E-state index contributed by atoms with van der Waals surface area (Å²) in [7, 11) is 0. The summed E-state index contributed by atoms with van der Waals surface area (Å²) in [6, 6.07) is 1.96. The van der Waals surface area contributed by atoms with Crippen molar-refractivity contribution in [1.82, 2.24) is 4.98 Å². The molecule has 2 rings (SSSR count). The summed E-state index contributed by atoms with van der Waals surface area (Å²) in [6.45, 7) is 2.11. The summed E-state index contributed by atoms with van der Waals surface area (Å²) in [6.07, 6.45) is 7.57. The van der Waals surface area contributed by atoms with Crippen LogP contribution in [0.5, 0.6) is 0 Å². The van der Waals surface area contributed by atoms with Gasteiger partial charge in [0.15, 0.2) is 0 Å². The summed E-state index contributed by atoms with van der Waals surface area (Å²) in [5.74, 6) is -0.380. The second-order valence-electron chi connectivity index (χ2n) is 4.06. The Hall–Kier alpha value is -1.55. The highest BCUT2D eigenvalue weighted by molar-refractivity contribution is 6.29. The molecule has 0 bridgehead atoms. The maximum Gasteiger partial charge on any atom is 0.341 e. The van der Waals surface area contributed by atoms with E-state index in [2.05, 4.69) is 22.5 Å². The molecule has 0 unspecified atom stereocenters. The minimum atomic E-state index is -0.380. The highest BCUT2D eigenvalue weighted by Crippen LogP contribution is 2.23. The van der Waals surface area contributed by atoms with Crippen molar-refractivity contribution in [2.45, 2.75) is 25.8 Å². The summed E-state index contributed by atoms with van der Waals surface area (Å²) >= 11 is 5.87. The van der Waals surface area contributed by atoms with Crippen LogP contribution in [0, 0.1) is 0 Å². The zero-order valence-electron chi connectivity index (χ0n) is 10.1. The maximum absolute atomic E-state index is 11.8. The van der Waals surface area contributed by atoms with Crippen LogP contribution in [0.1, 0.15) is 30.1 Å². The van der Waals surface area contributed by atoms with Crippen LogP contribution in [0.2, 0.25) is 5.15 Å². The number of rotatable bonds is 4. The summed E-state index contributed by atoms with van der Waals surface area (Å²) < 4.78 is 5.00. The third kappa shape index (κ3) is 3.01. The van der Waals surface area contributed by atoms with Gasteiger partial charge in [-0.2, -0.15) is 0 Å². The number of ether oxygens (including phenoxy) is 1. The fourth-order valence-corrected chi connectivity index (χ4v) is 2.03. The van der Waals surface area contributed by atoms with E-state index in [4.69, 9.17) is 16.3 Å². The Morgan fingerprint density at radius 3 is 2.94 bits per heavy atom. The molecule has 0 radical (unpaired) electrons. The molecule has 96 valence electrons. The second kappa shape index (κ2) is 5.87. The first-order valence-corrected chi connectivity index (χ1v) is 6.32. The highest BCUT2D eigenvalue weighted by Gasteiger charge is 2.17. The normalized spacial score (nSPS) is 14.8. The average Bonchev–Trinajstić information content (AvgIpc) is 2.82. The molecule has 0 saturated heterocycles. The van der Waals surface area contributed by atoms with Crippen LogP contribution in [0.4, 0.5) is 5.69 Å². The van der Waals surface area contributed by atoms with Crippen LogP contribution in [0.3, 0.4) is 0 Å². The van der Waals surface area contributed by atoms with E-state index in [9.17, 15) is 4.79 Å². The van der Waals surface area contributed by atoms with Gasteiger partial charge in [-0.1, -0.05) is 23.8 Å². The molecule has 1 aliphatic rings. The second-order valence-corrected chi connectivity index (χ2v) is 4.44. The van der Waals surface area contributed by atoms with Crippen molar-refractivity contribution in [2.24, 2.45) is 0 Å². The van der Waals surface area contributed by atoms with E-state index in [0.717, 1.165) is 12.8 Å². The molecule has 0 aromatic carbocycles. The van der Waals surface area contributed by atoms with Crippen LogP contribution in [0.15, 0.2) is 24.4 Å². The Labute approximate surface area is 111 Å². The number of halogens is 1. The predicted molar refractivity (Wildman–Crippen MR) is 71.0 cm³/mol. The fraction of sp³-hybridized carbons (Fsp3) is 0.385. The lowest BCUT2D eigenvalue weighted by Crippen LogP contribution is -2.18. The van der Waals surface area contributed by atoms with Crippen molar-refractivity contribution >= 4 is 23.3 Å². The quantitative estimate of drug-likeness (QED) is 0.517. The smallest absolute Gasteiger partial charge is 0.341 e. The number of hydrogen-bond donors (Lipinski definition) is 1. The van der Waals surface area contributed by atoms with Gasteiger partial charge in [0.1, 0.15) is 10.7 Å². The molecule has 0 aliphatic heterocycles. The Kier molecular flexibility index (Phi) is 4.20. The van der Waals surface area contributed by atoms with Crippen LogP contribution in [-0.4, -0.2) is 23.6 Å². The Morgan fingerprint density at radius 1 is 1.56 bits per heavy atom. The zero-order chi connectivity index (χ0) is 13.0. The molecule has 1 heterocycles. The Bertz CT molecular complexity index is 466. The first-order valence-electron chi connectivity index (χ1n) is 5.95. The van der Waals surface area contributed by atoms with E-state index < -0.39 is 0 Å². The third-order valence-electron chi connectivity index (χ3n) is 2.73. The van der Waals surface area contributed by atoms with Gasteiger partial charge in [0.25, 0.3) is 0 Å². The van der Waals surface area contributed by atoms with Crippen molar-refractivity contribution < 1.29 is 9.53 Å². The monoisotopic (exact) mass is 266 g/mol. The van der Waals surface area contributed by atoms with E-state index >= 15 is 0 Å². The van der Waals surface area contributed by atoms with Gasteiger partial charge in [-0.25, -0.2) is 9.78 Å². The summed E-state index contributed by atoms with van der Waals surface area (Å²) in [5, 5.41) is 3.66. The molecule has 18 heavy (non-hydrogen) atoms. The minimum absolute atomic E-state index is 0.302. The Morgan fingerprint density at radius 2 is 2.28 bits per heavy atom. The summed E-state index contributed by atoms with van der Waals surface area (Å²) in [4.78, 5) is 15.7. The number of aromatic nitrogens is 1. The molecule has 1 N–H and O–H groups in total. The molecule has 5 heteroatoms. The standard InChI is InChI=1S/C13H15ClN2O2/c1-2-18-13(17)10-8-15-12(14)7-11(10)16-9-5-3-4-6-9/h3-4,7-9H,2,5-6H2,1H3,(H,15,16). The van der Waals surface area contributed by atoms with Gasteiger partial charge in [-0.15, -0.1) is 0 Å². The number of carbonyl (C=O) groups excluding carboxylic acids is 1. The lowest BCUT2D eigenvalue weighted by Gasteiger charge is -2.16. The average molecular weight is 267 g/mol.